The number of carboxylic acids is 1. The molecule has 0 aromatic carbocycles. The van der Waals surface area contributed by atoms with Gasteiger partial charge in [0, 0.05) is 12.0 Å². The maximum Gasteiger partial charge on any atom is 0.306 e. The van der Waals surface area contributed by atoms with Gasteiger partial charge in [0.25, 0.3) is 0 Å². The molecule has 72 valence electrons. The zero-order valence-electron chi connectivity index (χ0n) is 7.54. The molecule has 1 aliphatic carbocycles. The fourth-order valence-corrected chi connectivity index (χ4v) is 2.42. The maximum absolute atomic E-state index is 11.1. The maximum atomic E-state index is 11.1. The summed E-state index contributed by atoms with van der Waals surface area (Å²) in [6.07, 6.45) is 1.76. The minimum atomic E-state index is -0.737. The topological polar surface area (TPSA) is 66.4 Å². The minimum absolute atomic E-state index is 0.0661. The van der Waals surface area contributed by atoms with Crippen LogP contribution in [0.2, 0.25) is 0 Å². The summed E-state index contributed by atoms with van der Waals surface area (Å²) in [5, 5.41) is 11.6. The molecular formula is C9H13NO3. The molecule has 1 unspecified atom stereocenters. The van der Waals surface area contributed by atoms with Crippen LogP contribution in [0.15, 0.2) is 0 Å². The lowest BCUT2D eigenvalue weighted by Crippen LogP contribution is -2.57. The number of rotatable bonds is 1. The smallest absolute Gasteiger partial charge is 0.306 e. The first-order valence-electron chi connectivity index (χ1n) is 4.57. The summed E-state index contributed by atoms with van der Waals surface area (Å²) < 4.78 is 0. The Kier molecular flexibility index (Phi) is 1.62. The van der Waals surface area contributed by atoms with E-state index in [1.807, 2.05) is 6.92 Å². The van der Waals surface area contributed by atoms with Crippen LogP contribution < -0.4 is 5.32 Å². The van der Waals surface area contributed by atoms with Gasteiger partial charge >= 0.3 is 5.97 Å². The Hall–Kier alpha value is -1.06. The van der Waals surface area contributed by atoms with Gasteiger partial charge in [-0.15, -0.1) is 0 Å². The van der Waals surface area contributed by atoms with E-state index in [-0.39, 0.29) is 23.3 Å². The van der Waals surface area contributed by atoms with E-state index in [0.717, 1.165) is 0 Å². The molecule has 4 heteroatoms. The summed E-state index contributed by atoms with van der Waals surface area (Å²) in [5.41, 5.74) is -0.180. The van der Waals surface area contributed by atoms with Crippen molar-refractivity contribution in [3.05, 3.63) is 0 Å². The zero-order valence-corrected chi connectivity index (χ0v) is 7.54. The Morgan fingerprint density at radius 3 is 2.62 bits per heavy atom. The van der Waals surface area contributed by atoms with Crippen molar-refractivity contribution < 1.29 is 14.7 Å². The van der Waals surface area contributed by atoms with Crippen molar-refractivity contribution in [2.75, 3.05) is 0 Å². The van der Waals surface area contributed by atoms with Crippen molar-refractivity contribution in [2.45, 2.75) is 31.7 Å². The summed E-state index contributed by atoms with van der Waals surface area (Å²) in [4.78, 5) is 21.7. The van der Waals surface area contributed by atoms with Gasteiger partial charge in [-0.25, -0.2) is 0 Å². The molecule has 2 aliphatic rings. The van der Waals surface area contributed by atoms with Crippen molar-refractivity contribution in [3.63, 3.8) is 0 Å². The van der Waals surface area contributed by atoms with Crippen LogP contribution in [0.1, 0.15) is 26.2 Å². The fourth-order valence-electron chi connectivity index (χ4n) is 2.42. The number of carbonyl (C=O) groups excluding carboxylic acids is 1. The number of nitrogens with one attached hydrogen (secondary N) is 1. The molecule has 0 aromatic heterocycles. The Balaban J connectivity index is 2.03. The number of hydrogen-bond acceptors (Lipinski definition) is 2. The first kappa shape index (κ1) is 8.53. The highest BCUT2D eigenvalue weighted by Gasteiger charge is 2.55. The van der Waals surface area contributed by atoms with Crippen LogP contribution in [0.25, 0.3) is 0 Å². The highest BCUT2D eigenvalue weighted by Crippen LogP contribution is 2.47. The van der Waals surface area contributed by atoms with Crippen LogP contribution >= 0.6 is 0 Å². The minimum Gasteiger partial charge on any atom is -0.481 e. The molecular weight excluding hydrogens is 170 g/mol. The van der Waals surface area contributed by atoms with Gasteiger partial charge < -0.3 is 10.4 Å². The molecule has 1 heterocycles. The zero-order chi connectivity index (χ0) is 9.64. The van der Waals surface area contributed by atoms with Crippen LogP contribution in [0, 0.1) is 11.8 Å². The van der Waals surface area contributed by atoms with Crippen LogP contribution in [-0.2, 0) is 9.59 Å². The van der Waals surface area contributed by atoms with E-state index in [2.05, 4.69) is 5.32 Å². The molecule has 2 N–H and O–H groups in total. The average Bonchev–Trinajstić information content (AvgIpc) is 2.21. The van der Waals surface area contributed by atoms with Gasteiger partial charge in [0.1, 0.15) is 0 Å². The molecule has 0 aromatic rings. The normalized spacial score (nSPS) is 43.0. The van der Waals surface area contributed by atoms with Crippen molar-refractivity contribution in [2.24, 2.45) is 11.8 Å². The molecule has 1 saturated heterocycles. The number of aliphatic carboxylic acids is 1. The van der Waals surface area contributed by atoms with Crippen molar-refractivity contribution >= 4 is 11.9 Å². The number of carbonyl (C=O) groups is 2. The van der Waals surface area contributed by atoms with Crippen LogP contribution in [0.3, 0.4) is 0 Å². The molecule has 0 bridgehead atoms. The predicted molar refractivity (Wildman–Crippen MR) is 45.0 cm³/mol. The Morgan fingerprint density at radius 2 is 2.23 bits per heavy atom. The molecule has 4 nitrogen and oxygen atoms in total. The van der Waals surface area contributed by atoms with Crippen LogP contribution in [0.4, 0.5) is 0 Å². The number of amides is 1. The predicted octanol–water partition coefficient (Wildman–Crippen LogP) is 0.376. The quantitative estimate of drug-likeness (QED) is 0.617. The Bertz CT molecular complexity index is 268. The number of hydrogen-bond donors (Lipinski definition) is 2. The van der Waals surface area contributed by atoms with Gasteiger partial charge in [0.15, 0.2) is 0 Å². The van der Waals surface area contributed by atoms with Gasteiger partial charge in [-0.2, -0.15) is 0 Å². The van der Waals surface area contributed by atoms with Gasteiger partial charge in [0.05, 0.1) is 5.92 Å². The monoisotopic (exact) mass is 183 g/mol. The van der Waals surface area contributed by atoms with E-state index < -0.39 is 5.97 Å². The van der Waals surface area contributed by atoms with Crippen molar-refractivity contribution in [1.82, 2.24) is 5.32 Å². The first-order chi connectivity index (χ1) is 6.03. The molecule has 1 aliphatic heterocycles. The molecule has 1 spiro atoms. The molecule has 2 fully saturated rings. The van der Waals surface area contributed by atoms with E-state index in [0.29, 0.717) is 19.3 Å². The summed E-state index contributed by atoms with van der Waals surface area (Å²) in [6, 6.07) is 0. The van der Waals surface area contributed by atoms with E-state index in [1.54, 1.807) is 0 Å². The Labute approximate surface area is 76.3 Å². The van der Waals surface area contributed by atoms with Crippen molar-refractivity contribution in [1.29, 1.82) is 0 Å². The molecule has 13 heavy (non-hydrogen) atoms. The highest BCUT2D eigenvalue weighted by molar-refractivity contribution is 5.81. The lowest BCUT2D eigenvalue weighted by atomic mass is 9.63. The van der Waals surface area contributed by atoms with Gasteiger partial charge in [0.2, 0.25) is 5.91 Å². The summed E-state index contributed by atoms with van der Waals surface area (Å²) in [5.74, 6) is -0.633. The summed E-state index contributed by atoms with van der Waals surface area (Å²) in [7, 11) is 0. The third kappa shape index (κ3) is 1.12. The van der Waals surface area contributed by atoms with Crippen LogP contribution in [0.5, 0.6) is 0 Å². The fraction of sp³-hybridized carbons (Fsp3) is 0.778. The average molecular weight is 183 g/mol. The largest absolute Gasteiger partial charge is 0.481 e. The van der Waals surface area contributed by atoms with Gasteiger partial charge in [-0.05, 0) is 18.8 Å². The number of carboxylic acid groups (broad SMARTS) is 1. The second-order valence-corrected chi connectivity index (χ2v) is 4.25. The second-order valence-electron chi connectivity index (χ2n) is 4.25. The first-order valence-corrected chi connectivity index (χ1v) is 4.57. The third-order valence-corrected chi connectivity index (χ3v) is 3.39. The lowest BCUT2D eigenvalue weighted by Gasteiger charge is -2.46. The molecule has 0 radical (unpaired) electrons. The molecule has 1 amide bonds. The summed E-state index contributed by atoms with van der Waals surface area (Å²) >= 11 is 0. The molecule has 1 atom stereocenters. The van der Waals surface area contributed by atoms with E-state index in [9.17, 15) is 9.59 Å². The van der Waals surface area contributed by atoms with Crippen LogP contribution in [-0.4, -0.2) is 22.5 Å². The van der Waals surface area contributed by atoms with Gasteiger partial charge in [-0.3, -0.25) is 9.59 Å². The molecule has 2 rings (SSSR count). The standard InChI is InChI=1S/C9H13NO3/c1-5-2-7(11)10-9(5)3-6(4-9)8(12)13/h5-6H,2-4H2,1H3,(H,10,11)(H,12,13). The second kappa shape index (κ2) is 2.47. The van der Waals surface area contributed by atoms with E-state index in [1.165, 1.54) is 0 Å². The van der Waals surface area contributed by atoms with Gasteiger partial charge in [-0.1, -0.05) is 6.92 Å². The summed E-state index contributed by atoms with van der Waals surface area (Å²) in [6.45, 7) is 2.01. The molecule has 1 saturated carbocycles. The van der Waals surface area contributed by atoms with E-state index in [4.69, 9.17) is 5.11 Å². The Morgan fingerprint density at radius 1 is 1.62 bits per heavy atom. The SMILES string of the molecule is CC1CC(=O)NC12CC(C(=O)O)C2. The van der Waals surface area contributed by atoms with E-state index >= 15 is 0 Å². The lowest BCUT2D eigenvalue weighted by molar-refractivity contribution is -0.148. The third-order valence-electron chi connectivity index (χ3n) is 3.39. The van der Waals surface area contributed by atoms with Crippen molar-refractivity contribution in [3.8, 4) is 0 Å². The highest BCUT2D eigenvalue weighted by atomic mass is 16.4.